The number of para-hydroxylation sites is 1. The zero-order valence-corrected chi connectivity index (χ0v) is 17.1. The SMILES string of the molecule is Cc1ccc(C(CNc2nc(-c3ccncc3)nc3ccccc23)N2CCCC2)o1. The van der Waals surface area contributed by atoms with Crippen LogP contribution in [0.15, 0.2) is 65.3 Å². The van der Waals surface area contributed by atoms with Gasteiger partial charge in [0.25, 0.3) is 0 Å². The Hall–Kier alpha value is -3.25. The fourth-order valence-electron chi connectivity index (χ4n) is 4.13. The molecule has 6 heteroatoms. The molecule has 1 atom stereocenters. The summed E-state index contributed by atoms with van der Waals surface area (Å²) in [5.41, 5.74) is 1.88. The van der Waals surface area contributed by atoms with E-state index in [1.807, 2.05) is 43.3 Å². The van der Waals surface area contributed by atoms with Crippen LogP contribution in [0.3, 0.4) is 0 Å². The lowest BCUT2D eigenvalue weighted by atomic mass is 10.1. The molecule has 152 valence electrons. The molecule has 0 amide bonds. The number of likely N-dealkylation sites (tertiary alicyclic amines) is 1. The maximum Gasteiger partial charge on any atom is 0.162 e. The lowest BCUT2D eigenvalue weighted by molar-refractivity contribution is 0.223. The number of furan rings is 1. The molecular weight excluding hydrogens is 374 g/mol. The molecule has 0 spiro atoms. The Morgan fingerprint density at radius 3 is 2.57 bits per heavy atom. The van der Waals surface area contributed by atoms with Gasteiger partial charge in [0.15, 0.2) is 5.82 Å². The summed E-state index contributed by atoms with van der Waals surface area (Å²) < 4.78 is 6.01. The number of hydrogen-bond acceptors (Lipinski definition) is 6. The highest BCUT2D eigenvalue weighted by Gasteiger charge is 2.26. The monoisotopic (exact) mass is 399 g/mol. The first kappa shape index (κ1) is 18.8. The van der Waals surface area contributed by atoms with Crippen LogP contribution in [0.4, 0.5) is 5.82 Å². The standard InChI is InChI=1S/C24H25N5O/c1-17-8-9-22(30-17)21(29-14-4-5-15-29)16-26-24-19-6-2-3-7-20(19)27-23(28-24)18-10-12-25-13-11-18/h2-3,6-13,21H,4-5,14-16H2,1H3,(H,26,27,28). The fraction of sp³-hybridized carbons (Fsp3) is 0.292. The molecule has 1 aliphatic rings. The van der Waals surface area contributed by atoms with Crippen LogP contribution in [-0.4, -0.2) is 39.5 Å². The van der Waals surface area contributed by atoms with Crippen LogP contribution in [-0.2, 0) is 0 Å². The molecule has 1 N–H and O–H groups in total. The van der Waals surface area contributed by atoms with E-state index in [9.17, 15) is 0 Å². The second-order valence-corrected chi connectivity index (χ2v) is 7.74. The number of aryl methyl sites for hydroxylation is 1. The van der Waals surface area contributed by atoms with Crippen molar-refractivity contribution in [1.82, 2.24) is 19.9 Å². The van der Waals surface area contributed by atoms with Gasteiger partial charge in [0.05, 0.1) is 11.6 Å². The number of fused-ring (bicyclic) bond motifs is 1. The first-order chi connectivity index (χ1) is 14.8. The summed E-state index contributed by atoms with van der Waals surface area (Å²) in [5.74, 6) is 3.50. The molecule has 1 aliphatic heterocycles. The lowest BCUT2D eigenvalue weighted by Crippen LogP contribution is -2.31. The van der Waals surface area contributed by atoms with Gasteiger partial charge in [-0.3, -0.25) is 9.88 Å². The van der Waals surface area contributed by atoms with Crippen molar-refractivity contribution in [3.8, 4) is 11.4 Å². The number of anilines is 1. The summed E-state index contributed by atoms with van der Waals surface area (Å²) in [6, 6.07) is 16.3. The van der Waals surface area contributed by atoms with Crippen LogP contribution in [0.5, 0.6) is 0 Å². The van der Waals surface area contributed by atoms with Crippen molar-refractivity contribution in [3.05, 3.63) is 72.4 Å². The molecule has 6 nitrogen and oxygen atoms in total. The van der Waals surface area contributed by atoms with E-state index < -0.39 is 0 Å². The van der Waals surface area contributed by atoms with Crippen LogP contribution in [0.1, 0.15) is 30.4 Å². The summed E-state index contributed by atoms with van der Waals surface area (Å²) in [6.45, 7) is 4.92. The van der Waals surface area contributed by atoms with E-state index >= 15 is 0 Å². The number of rotatable bonds is 6. The summed E-state index contributed by atoms with van der Waals surface area (Å²) in [6.07, 6.45) is 6.00. The summed E-state index contributed by atoms with van der Waals surface area (Å²) in [4.78, 5) is 16.2. The smallest absolute Gasteiger partial charge is 0.162 e. The summed E-state index contributed by atoms with van der Waals surface area (Å²) >= 11 is 0. The van der Waals surface area contributed by atoms with Gasteiger partial charge >= 0.3 is 0 Å². The zero-order chi connectivity index (χ0) is 20.3. The van der Waals surface area contributed by atoms with E-state index in [1.165, 1.54) is 12.8 Å². The van der Waals surface area contributed by atoms with Crippen molar-refractivity contribution in [2.24, 2.45) is 0 Å². The van der Waals surface area contributed by atoms with Crippen LogP contribution in [0, 0.1) is 6.92 Å². The predicted molar refractivity (Wildman–Crippen MR) is 118 cm³/mol. The molecule has 4 heterocycles. The van der Waals surface area contributed by atoms with Crippen LogP contribution >= 0.6 is 0 Å². The predicted octanol–water partition coefficient (Wildman–Crippen LogP) is 4.84. The zero-order valence-electron chi connectivity index (χ0n) is 17.1. The Morgan fingerprint density at radius 1 is 1.00 bits per heavy atom. The molecule has 1 fully saturated rings. The van der Waals surface area contributed by atoms with Crippen LogP contribution in [0.2, 0.25) is 0 Å². The number of benzene rings is 1. The van der Waals surface area contributed by atoms with Crippen LogP contribution < -0.4 is 5.32 Å². The fourth-order valence-corrected chi connectivity index (χ4v) is 4.13. The molecule has 0 aliphatic carbocycles. The van der Waals surface area contributed by atoms with Gasteiger partial charge < -0.3 is 9.73 Å². The number of nitrogens with zero attached hydrogens (tertiary/aromatic N) is 4. The van der Waals surface area contributed by atoms with Crippen molar-refractivity contribution < 1.29 is 4.42 Å². The van der Waals surface area contributed by atoms with Crippen molar-refractivity contribution in [1.29, 1.82) is 0 Å². The third kappa shape index (κ3) is 3.78. The number of aromatic nitrogens is 3. The van der Waals surface area contributed by atoms with Gasteiger partial charge in [0.1, 0.15) is 17.3 Å². The van der Waals surface area contributed by atoms with Crippen molar-refractivity contribution >= 4 is 16.7 Å². The van der Waals surface area contributed by atoms with Gasteiger partial charge in [-0.05, 0) is 69.3 Å². The Labute approximate surface area is 176 Å². The van der Waals surface area contributed by atoms with E-state index in [2.05, 4.69) is 27.3 Å². The van der Waals surface area contributed by atoms with E-state index in [4.69, 9.17) is 14.4 Å². The van der Waals surface area contributed by atoms with Gasteiger partial charge in [-0.2, -0.15) is 0 Å². The molecule has 4 aromatic rings. The molecule has 0 bridgehead atoms. The maximum atomic E-state index is 6.01. The van der Waals surface area contributed by atoms with Gasteiger partial charge in [-0.1, -0.05) is 12.1 Å². The van der Waals surface area contributed by atoms with Gasteiger partial charge in [0, 0.05) is 29.9 Å². The van der Waals surface area contributed by atoms with Crippen LogP contribution in [0.25, 0.3) is 22.3 Å². The molecular formula is C24H25N5O. The van der Waals surface area contributed by atoms with Gasteiger partial charge in [-0.15, -0.1) is 0 Å². The second kappa shape index (κ2) is 8.24. The lowest BCUT2D eigenvalue weighted by Gasteiger charge is -2.26. The van der Waals surface area contributed by atoms with E-state index in [-0.39, 0.29) is 6.04 Å². The number of hydrogen-bond donors (Lipinski definition) is 1. The quantitative estimate of drug-likeness (QED) is 0.500. The maximum absolute atomic E-state index is 6.01. The normalized spacial score (nSPS) is 15.5. The average Bonchev–Trinajstić information content (AvgIpc) is 3.47. The number of nitrogens with one attached hydrogen (secondary N) is 1. The van der Waals surface area contributed by atoms with Gasteiger partial charge in [-0.25, -0.2) is 9.97 Å². The first-order valence-electron chi connectivity index (χ1n) is 10.5. The summed E-state index contributed by atoms with van der Waals surface area (Å²) in [7, 11) is 0. The largest absolute Gasteiger partial charge is 0.465 e. The first-order valence-corrected chi connectivity index (χ1v) is 10.5. The highest BCUT2D eigenvalue weighted by Crippen LogP contribution is 2.29. The van der Waals surface area contributed by atoms with E-state index in [0.717, 1.165) is 53.4 Å². The molecule has 0 saturated carbocycles. The minimum absolute atomic E-state index is 0.180. The van der Waals surface area contributed by atoms with Crippen molar-refractivity contribution in [2.75, 3.05) is 25.0 Å². The third-order valence-corrected chi connectivity index (χ3v) is 5.68. The Bertz CT molecular complexity index is 1130. The third-order valence-electron chi connectivity index (χ3n) is 5.68. The summed E-state index contributed by atoms with van der Waals surface area (Å²) in [5, 5.41) is 4.63. The molecule has 3 aromatic heterocycles. The second-order valence-electron chi connectivity index (χ2n) is 7.74. The van der Waals surface area contributed by atoms with Crippen molar-refractivity contribution in [3.63, 3.8) is 0 Å². The topological polar surface area (TPSA) is 67.1 Å². The van der Waals surface area contributed by atoms with E-state index in [1.54, 1.807) is 12.4 Å². The minimum atomic E-state index is 0.180. The highest BCUT2D eigenvalue weighted by atomic mass is 16.3. The van der Waals surface area contributed by atoms with E-state index in [0.29, 0.717) is 5.82 Å². The Morgan fingerprint density at radius 2 is 1.80 bits per heavy atom. The molecule has 30 heavy (non-hydrogen) atoms. The highest BCUT2D eigenvalue weighted by molar-refractivity contribution is 5.90. The van der Waals surface area contributed by atoms with Crippen molar-refractivity contribution in [2.45, 2.75) is 25.8 Å². The number of pyridine rings is 1. The molecule has 5 rings (SSSR count). The molecule has 1 saturated heterocycles. The minimum Gasteiger partial charge on any atom is -0.465 e. The molecule has 0 radical (unpaired) electrons. The van der Waals surface area contributed by atoms with Gasteiger partial charge in [0.2, 0.25) is 0 Å². The Kier molecular flexibility index (Phi) is 5.15. The average molecular weight is 399 g/mol. The Balaban J connectivity index is 1.49. The molecule has 1 aromatic carbocycles. The molecule has 1 unspecified atom stereocenters.